The highest BCUT2D eigenvalue weighted by Gasteiger charge is 2.37. The number of non-ortho nitro benzene ring substituents is 1. The van der Waals surface area contributed by atoms with Crippen LogP contribution < -0.4 is 0 Å². The number of hydrogen-bond acceptors (Lipinski definition) is 3. The van der Waals surface area contributed by atoms with Crippen LogP contribution in [0.15, 0.2) is 12.1 Å². The van der Waals surface area contributed by atoms with Crippen LogP contribution in [0.4, 0.5) is 18.9 Å². The third-order valence-corrected chi connectivity index (χ3v) is 2.25. The molecule has 8 heteroatoms. The summed E-state index contributed by atoms with van der Waals surface area (Å²) < 4.78 is 37.9. The van der Waals surface area contributed by atoms with E-state index in [9.17, 15) is 23.3 Å². The van der Waals surface area contributed by atoms with E-state index in [2.05, 4.69) is 0 Å². The van der Waals surface area contributed by atoms with Crippen LogP contribution in [0.2, 0.25) is 0 Å². The third-order valence-electron chi connectivity index (χ3n) is 1.96. The van der Waals surface area contributed by atoms with E-state index in [1.807, 2.05) is 0 Å². The lowest BCUT2D eigenvalue weighted by atomic mass is 10.0. The Morgan fingerprint density at radius 3 is 2.41 bits per heavy atom. The minimum atomic E-state index is -4.77. The van der Waals surface area contributed by atoms with E-state index >= 15 is 0 Å². The minimum absolute atomic E-state index is 0.482. The number of benzene rings is 1. The predicted octanol–water partition coefficient (Wildman–Crippen LogP) is 3.22. The molecular formula is C9H4ClF3N2O2. The standard InChI is InChI=1S/C9H4ClF3N2O2/c10-3-5-1-7(15(16)17)2-6(4-14)8(5)9(11,12)13/h1-2H,3H2. The first-order valence-electron chi connectivity index (χ1n) is 4.15. The van der Waals surface area contributed by atoms with Crippen LogP contribution in [-0.2, 0) is 12.1 Å². The summed E-state index contributed by atoms with van der Waals surface area (Å²) in [4.78, 5) is 9.59. The fraction of sp³-hybridized carbons (Fsp3) is 0.222. The molecule has 0 heterocycles. The van der Waals surface area contributed by atoms with Gasteiger partial charge in [-0.15, -0.1) is 11.6 Å². The van der Waals surface area contributed by atoms with E-state index in [1.165, 1.54) is 6.07 Å². The third kappa shape index (κ3) is 2.65. The quantitative estimate of drug-likeness (QED) is 0.468. The van der Waals surface area contributed by atoms with Gasteiger partial charge in [0.25, 0.3) is 5.69 Å². The molecule has 0 spiro atoms. The number of halogens is 4. The molecule has 0 saturated carbocycles. The molecule has 90 valence electrons. The van der Waals surface area contributed by atoms with Gasteiger partial charge in [-0.25, -0.2) is 0 Å². The number of nitro groups is 1. The Morgan fingerprint density at radius 1 is 1.47 bits per heavy atom. The Hall–Kier alpha value is -1.81. The van der Waals surface area contributed by atoms with E-state index < -0.39 is 39.4 Å². The molecule has 0 amide bonds. The summed E-state index contributed by atoms with van der Waals surface area (Å²) in [6.07, 6.45) is -4.77. The van der Waals surface area contributed by atoms with Gasteiger partial charge < -0.3 is 0 Å². The maximum Gasteiger partial charge on any atom is 0.418 e. The average molecular weight is 265 g/mol. The maximum absolute atomic E-state index is 12.6. The fourth-order valence-electron chi connectivity index (χ4n) is 1.32. The topological polar surface area (TPSA) is 66.9 Å². The normalized spacial score (nSPS) is 11.0. The van der Waals surface area contributed by atoms with E-state index in [0.717, 1.165) is 6.07 Å². The largest absolute Gasteiger partial charge is 0.418 e. The number of nitro benzene ring substituents is 1. The summed E-state index contributed by atoms with van der Waals surface area (Å²) >= 11 is 5.31. The van der Waals surface area contributed by atoms with Crippen LogP contribution in [0.25, 0.3) is 0 Å². The summed E-state index contributed by atoms with van der Waals surface area (Å²) in [6, 6.07) is 2.59. The zero-order chi connectivity index (χ0) is 13.2. The monoisotopic (exact) mass is 264 g/mol. The lowest BCUT2D eigenvalue weighted by Crippen LogP contribution is -2.12. The van der Waals surface area contributed by atoms with Crippen LogP contribution in [0.5, 0.6) is 0 Å². The molecule has 0 fully saturated rings. The number of hydrogen-bond donors (Lipinski definition) is 0. The number of nitrogens with zero attached hydrogens (tertiary/aromatic N) is 2. The lowest BCUT2D eigenvalue weighted by Gasteiger charge is -2.12. The maximum atomic E-state index is 12.6. The van der Waals surface area contributed by atoms with Crippen molar-refractivity contribution in [3.05, 3.63) is 38.9 Å². The number of alkyl halides is 4. The van der Waals surface area contributed by atoms with Crippen molar-refractivity contribution in [1.82, 2.24) is 0 Å². The number of rotatable bonds is 2. The molecule has 0 aromatic heterocycles. The first kappa shape index (κ1) is 13.3. The summed E-state index contributed by atoms with van der Waals surface area (Å²) in [6.45, 7) is 0. The van der Waals surface area contributed by atoms with E-state index in [-0.39, 0.29) is 0 Å². The molecule has 1 aromatic carbocycles. The minimum Gasteiger partial charge on any atom is -0.258 e. The highest BCUT2D eigenvalue weighted by Crippen LogP contribution is 2.37. The first-order chi connectivity index (χ1) is 7.81. The fourth-order valence-corrected chi connectivity index (χ4v) is 1.53. The zero-order valence-corrected chi connectivity index (χ0v) is 8.84. The van der Waals surface area contributed by atoms with Gasteiger partial charge in [0, 0.05) is 18.0 Å². The molecule has 0 aliphatic carbocycles. The van der Waals surface area contributed by atoms with Crippen molar-refractivity contribution in [1.29, 1.82) is 5.26 Å². The van der Waals surface area contributed by atoms with Crippen LogP contribution >= 0.6 is 11.6 Å². The molecule has 0 radical (unpaired) electrons. The molecule has 0 saturated heterocycles. The van der Waals surface area contributed by atoms with Gasteiger partial charge in [0.2, 0.25) is 0 Å². The van der Waals surface area contributed by atoms with E-state index in [0.29, 0.717) is 6.07 Å². The van der Waals surface area contributed by atoms with Crippen molar-refractivity contribution in [3.8, 4) is 6.07 Å². The van der Waals surface area contributed by atoms with Gasteiger partial charge in [0.15, 0.2) is 0 Å². The smallest absolute Gasteiger partial charge is 0.258 e. The van der Waals surface area contributed by atoms with Crippen LogP contribution in [-0.4, -0.2) is 4.92 Å². The molecule has 4 nitrogen and oxygen atoms in total. The van der Waals surface area contributed by atoms with Crippen molar-refractivity contribution in [2.45, 2.75) is 12.1 Å². The molecule has 0 aliphatic heterocycles. The summed E-state index contributed by atoms with van der Waals surface area (Å²) in [7, 11) is 0. The first-order valence-corrected chi connectivity index (χ1v) is 4.69. The zero-order valence-electron chi connectivity index (χ0n) is 8.08. The van der Waals surface area contributed by atoms with Crippen molar-refractivity contribution in [2.24, 2.45) is 0 Å². The lowest BCUT2D eigenvalue weighted by molar-refractivity contribution is -0.385. The molecule has 1 rings (SSSR count). The number of nitriles is 1. The molecule has 0 atom stereocenters. The van der Waals surface area contributed by atoms with Gasteiger partial charge >= 0.3 is 6.18 Å². The van der Waals surface area contributed by atoms with Gasteiger partial charge in [-0.2, -0.15) is 18.4 Å². The summed E-state index contributed by atoms with van der Waals surface area (Å²) in [5.41, 5.74) is -3.10. The molecule has 1 aromatic rings. The summed E-state index contributed by atoms with van der Waals surface area (Å²) in [5, 5.41) is 19.1. The highest BCUT2D eigenvalue weighted by molar-refractivity contribution is 6.17. The Balaban J connectivity index is 3.61. The van der Waals surface area contributed by atoms with Gasteiger partial charge in [-0.1, -0.05) is 0 Å². The average Bonchev–Trinajstić information content (AvgIpc) is 2.25. The van der Waals surface area contributed by atoms with Crippen molar-refractivity contribution < 1.29 is 18.1 Å². The van der Waals surface area contributed by atoms with E-state index in [4.69, 9.17) is 16.9 Å². The van der Waals surface area contributed by atoms with Crippen molar-refractivity contribution in [2.75, 3.05) is 0 Å². The molecule has 0 aliphatic rings. The molecule has 0 bridgehead atoms. The van der Waals surface area contributed by atoms with Crippen molar-refractivity contribution in [3.63, 3.8) is 0 Å². The molecule has 17 heavy (non-hydrogen) atoms. The molecule has 0 unspecified atom stereocenters. The predicted molar refractivity (Wildman–Crippen MR) is 52.4 cm³/mol. The van der Waals surface area contributed by atoms with E-state index in [1.54, 1.807) is 0 Å². The Labute approximate surface area is 98.4 Å². The second-order valence-corrected chi connectivity index (χ2v) is 3.30. The highest BCUT2D eigenvalue weighted by atomic mass is 35.5. The Kier molecular flexibility index (Phi) is 3.58. The van der Waals surface area contributed by atoms with Gasteiger partial charge in [0.05, 0.1) is 16.1 Å². The second kappa shape index (κ2) is 4.59. The Bertz CT molecular complexity index is 508. The van der Waals surface area contributed by atoms with Crippen molar-refractivity contribution >= 4 is 17.3 Å². The van der Waals surface area contributed by atoms with Crippen LogP contribution in [0.3, 0.4) is 0 Å². The van der Waals surface area contributed by atoms with Crippen LogP contribution in [0, 0.1) is 21.4 Å². The summed E-state index contributed by atoms with van der Waals surface area (Å²) in [5.74, 6) is -0.564. The van der Waals surface area contributed by atoms with Crippen LogP contribution in [0.1, 0.15) is 16.7 Å². The SMILES string of the molecule is N#Cc1cc([N+](=O)[O-])cc(CCl)c1C(F)(F)F. The molecular weight excluding hydrogens is 261 g/mol. The molecule has 0 N–H and O–H groups in total. The van der Waals surface area contributed by atoms with Gasteiger partial charge in [-0.3, -0.25) is 10.1 Å². The second-order valence-electron chi connectivity index (χ2n) is 3.03. The Morgan fingerprint density at radius 2 is 2.06 bits per heavy atom. The van der Waals surface area contributed by atoms with Gasteiger partial charge in [0.1, 0.15) is 6.07 Å². The van der Waals surface area contributed by atoms with Gasteiger partial charge in [-0.05, 0) is 5.56 Å².